The summed E-state index contributed by atoms with van der Waals surface area (Å²) in [6.45, 7) is 6.95. The molecule has 23 heavy (non-hydrogen) atoms. The van der Waals surface area contributed by atoms with Crippen LogP contribution in [-0.2, 0) is 10.2 Å². The van der Waals surface area contributed by atoms with Gasteiger partial charge in [-0.15, -0.1) is 0 Å². The topological polar surface area (TPSA) is 53.3 Å². The summed E-state index contributed by atoms with van der Waals surface area (Å²) in [4.78, 5) is 13.8. The highest BCUT2D eigenvalue weighted by Crippen LogP contribution is 2.46. The van der Waals surface area contributed by atoms with E-state index in [-0.39, 0.29) is 18.5 Å². The molecule has 2 rings (SSSR count). The number of carbonyl (C=O) groups excluding carboxylic acids is 1. The molecule has 1 aromatic carbocycles. The largest absolute Gasteiger partial charge is 0.443 e. The molecule has 0 fully saturated rings. The van der Waals surface area contributed by atoms with E-state index in [2.05, 4.69) is 0 Å². The van der Waals surface area contributed by atoms with Crippen molar-refractivity contribution in [1.29, 1.82) is 5.26 Å². The maximum Gasteiger partial charge on any atom is 0.414 e. The minimum absolute atomic E-state index is 0.0697. The van der Waals surface area contributed by atoms with E-state index in [0.29, 0.717) is 11.3 Å². The summed E-state index contributed by atoms with van der Waals surface area (Å²) < 4.78 is 31.4. The zero-order chi connectivity index (χ0) is 17.4. The Morgan fingerprint density at radius 3 is 2.65 bits per heavy atom. The molecule has 0 saturated heterocycles. The minimum Gasteiger partial charge on any atom is -0.443 e. The molecule has 1 amide bonds. The number of rotatable bonds is 2. The van der Waals surface area contributed by atoms with Crippen molar-refractivity contribution in [1.82, 2.24) is 0 Å². The van der Waals surface area contributed by atoms with Crippen molar-refractivity contribution in [3.63, 3.8) is 0 Å². The van der Waals surface area contributed by atoms with Crippen LogP contribution in [0.25, 0.3) is 0 Å². The number of nitriles is 1. The first-order valence-electron chi connectivity index (χ1n) is 7.40. The molecular formula is C17H20F2N2O2. The standard InChI is InChI=1S/C17H20F2N2O2/c1-16(2,3)23-15(22)21-10-17(4,8-13(18)19)12-7-5-6-11(9-20)14(12)21/h5-7,13H,8,10H2,1-4H3. The Labute approximate surface area is 134 Å². The molecule has 1 aromatic rings. The summed E-state index contributed by atoms with van der Waals surface area (Å²) in [7, 11) is 0. The predicted octanol–water partition coefficient (Wildman–Crippen LogP) is 4.23. The number of hydrogen-bond acceptors (Lipinski definition) is 3. The van der Waals surface area contributed by atoms with Crippen LogP contribution in [-0.4, -0.2) is 24.7 Å². The number of ether oxygens (including phenoxy) is 1. The highest BCUT2D eigenvalue weighted by atomic mass is 19.3. The van der Waals surface area contributed by atoms with E-state index >= 15 is 0 Å². The zero-order valence-corrected chi connectivity index (χ0v) is 13.7. The van der Waals surface area contributed by atoms with Gasteiger partial charge >= 0.3 is 6.09 Å². The lowest BCUT2D eigenvalue weighted by molar-refractivity contribution is 0.0568. The molecule has 0 aliphatic carbocycles. The maximum absolute atomic E-state index is 13.0. The van der Waals surface area contributed by atoms with Gasteiger partial charge in [-0.05, 0) is 32.4 Å². The minimum atomic E-state index is -2.50. The first-order valence-corrected chi connectivity index (χ1v) is 7.40. The molecule has 0 radical (unpaired) electrons. The van der Waals surface area contributed by atoms with Crippen molar-refractivity contribution in [3.05, 3.63) is 29.3 Å². The molecule has 1 aliphatic rings. The lowest BCUT2D eigenvalue weighted by atomic mass is 9.81. The van der Waals surface area contributed by atoms with Crippen molar-refractivity contribution in [2.24, 2.45) is 0 Å². The third-order valence-corrected chi connectivity index (χ3v) is 3.80. The Morgan fingerprint density at radius 1 is 1.48 bits per heavy atom. The maximum atomic E-state index is 13.0. The normalized spacial score (nSPS) is 20.3. The van der Waals surface area contributed by atoms with Gasteiger partial charge in [-0.1, -0.05) is 19.1 Å². The number of fused-ring (bicyclic) bond motifs is 1. The second-order valence-corrected chi connectivity index (χ2v) is 7.04. The average Bonchev–Trinajstić information content (AvgIpc) is 2.70. The van der Waals surface area contributed by atoms with Crippen LogP contribution in [0, 0.1) is 11.3 Å². The zero-order valence-electron chi connectivity index (χ0n) is 13.7. The van der Waals surface area contributed by atoms with E-state index in [1.54, 1.807) is 45.9 Å². The van der Waals surface area contributed by atoms with Gasteiger partial charge in [0.05, 0.1) is 11.3 Å². The second kappa shape index (κ2) is 5.80. The van der Waals surface area contributed by atoms with Gasteiger partial charge in [0, 0.05) is 18.4 Å². The summed E-state index contributed by atoms with van der Waals surface area (Å²) in [5, 5.41) is 9.31. The third-order valence-electron chi connectivity index (χ3n) is 3.80. The van der Waals surface area contributed by atoms with E-state index in [9.17, 15) is 18.8 Å². The van der Waals surface area contributed by atoms with Gasteiger partial charge in [-0.25, -0.2) is 13.6 Å². The Hall–Kier alpha value is -2.16. The number of carbonyl (C=O) groups is 1. The van der Waals surface area contributed by atoms with Gasteiger partial charge in [0.15, 0.2) is 0 Å². The summed E-state index contributed by atoms with van der Waals surface area (Å²) >= 11 is 0. The predicted molar refractivity (Wildman–Crippen MR) is 82.7 cm³/mol. The van der Waals surface area contributed by atoms with Crippen LogP contribution in [0.4, 0.5) is 19.3 Å². The van der Waals surface area contributed by atoms with E-state index in [1.807, 2.05) is 6.07 Å². The smallest absolute Gasteiger partial charge is 0.414 e. The molecule has 1 heterocycles. The van der Waals surface area contributed by atoms with Crippen molar-refractivity contribution >= 4 is 11.8 Å². The summed E-state index contributed by atoms with van der Waals surface area (Å²) in [5.74, 6) is 0. The second-order valence-electron chi connectivity index (χ2n) is 7.04. The van der Waals surface area contributed by atoms with Crippen LogP contribution in [0.3, 0.4) is 0 Å². The Morgan fingerprint density at radius 2 is 2.13 bits per heavy atom. The van der Waals surface area contributed by atoms with Crippen molar-refractivity contribution < 1.29 is 18.3 Å². The lowest BCUT2D eigenvalue weighted by Gasteiger charge is -2.27. The average molecular weight is 322 g/mol. The van der Waals surface area contributed by atoms with Gasteiger partial charge in [0.25, 0.3) is 0 Å². The number of amides is 1. The van der Waals surface area contributed by atoms with Crippen molar-refractivity contribution in [2.75, 3.05) is 11.4 Å². The molecule has 124 valence electrons. The summed E-state index contributed by atoms with van der Waals surface area (Å²) in [6, 6.07) is 6.95. The van der Waals surface area contributed by atoms with Crippen LogP contribution in [0.15, 0.2) is 18.2 Å². The summed E-state index contributed by atoms with van der Waals surface area (Å²) in [6.07, 6.45) is -3.51. The van der Waals surface area contributed by atoms with Crippen LogP contribution >= 0.6 is 0 Å². The molecule has 1 aliphatic heterocycles. The monoisotopic (exact) mass is 322 g/mol. The quantitative estimate of drug-likeness (QED) is 0.819. The fraction of sp³-hybridized carbons (Fsp3) is 0.529. The van der Waals surface area contributed by atoms with Gasteiger partial charge in [-0.3, -0.25) is 4.90 Å². The first kappa shape index (κ1) is 17.2. The van der Waals surface area contributed by atoms with E-state index in [4.69, 9.17) is 4.74 Å². The van der Waals surface area contributed by atoms with Gasteiger partial charge in [0.2, 0.25) is 6.43 Å². The first-order chi connectivity index (χ1) is 10.6. The van der Waals surface area contributed by atoms with Crippen LogP contribution in [0.2, 0.25) is 0 Å². The third kappa shape index (κ3) is 3.44. The number of nitrogens with zero attached hydrogens (tertiary/aromatic N) is 2. The number of alkyl halides is 2. The molecule has 0 spiro atoms. The molecule has 1 unspecified atom stereocenters. The molecule has 0 bridgehead atoms. The van der Waals surface area contributed by atoms with E-state index < -0.39 is 23.5 Å². The number of halogens is 2. The molecule has 4 nitrogen and oxygen atoms in total. The highest BCUT2D eigenvalue weighted by molar-refractivity contribution is 5.93. The number of para-hydroxylation sites is 1. The van der Waals surface area contributed by atoms with Gasteiger partial charge < -0.3 is 4.74 Å². The fourth-order valence-electron chi connectivity index (χ4n) is 2.91. The highest BCUT2D eigenvalue weighted by Gasteiger charge is 2.45. The molecule has 0 aromatic heterocycles. The number of anilines is 1. The van der Waals surface area contributed by atoms with Crippen molar-refractivity contribution in [2.45, 2.75) is 51.6 Å². The molecule has 0 saturated carbocycles. The fourth-order valence-corrected chi connectivity index (χ4v) is 2.91. The Kier molecular flexibility index (Phi) is 4.34. The van der Waals surface area contributed by atoms with Crippen LogP contribution in [0.1, 0.15) is 45.2 Å². The van der Waals surface area contributed by atoms with Crippen LogP contribution in [0.5, 0.6) is 0 Å². The number of benzene rings is 1. The molecule has 1 atom stereocenters. The lowest BCUT2D eigenvalue weighted by Crippen LogP contribution is -2.40. The van der Waals surface area contributed by atoms with Crippen molar-refractivity contribution in [3.8, 4) is 6.07 Å². The Bertz CT molecular complexity index is 662. The SMILES string of the molecule is CC(C)(C)OC(=O)N1CC(C)(CC(F)F)c2cccc(C#N)c21. The molecule has 6 heteroatoms. The van der Waals surface area contributed by atoms with Gasteiger partial charge in [0.1, 0.15) is 11.7 Å². The Balaban J connectivity index is 2.50. The van der Waals surface area contributed by atoms with E-state index in [1.165, 1.54) is 4.90 Å². The molecular weight excluding hydrogens is 302 g/mol. The van der Waals surface area contributed by atoms with Crippen LogP contribution < -0.4 is 4.90 Å². The summed E-state index contributed by atoms with van der Waals surface area (Å²) in [5.41, 5.74) is -0.366. The molecule has 0 N–H and O–H groups in total. The van der Waals surface area contributed by atoms with Gasteiger partial charge in [-0.2, -0.15) is 5.26 Å². The van der Waals surface area contributed by atoms with E-state index in [0.717, 1.165) is 0 Å². The number of hydrogen-bond donors (Lipinski definition) is 0.